The smallest absolute Gasteiger partial charge is 0.291 e. The summed E-state index contributed by atoms with van der Waals surface area (Å²) < 4.78 is 10.9. The number of anilines is 1. The Labute approximate surface area is 190 Å². The van der Waals surface area contributed by atoms with Crippen LogP contribution in [0.3, 0.4) is 0 Å². The molecule has 9 nitrogen and oxygen atoms in total. The molecule has 2 aromatic carbocycles. The number of para-hydroxylation sites is 3. The van der Waals surface area contributed by atoms with Crippen LogP contribution in [0.25, 0.3) is 10.9 Å². The van der Waals surface area contributed by atoms with Gasteiger partial charge in [-0.2, -0.15) is 0 Å². The maximum absolute atomic E-state index is 13.3. The molecule has 0 N–H and O–H groups in total. The van der Waals surface area contributed by atoms with Crippen molar-refractivity contribution in [2.24, 2.45) is 0 Å². The molecule has 0 aliphatic carbocycles. The van der Waals surface area contributed by atoms with E-state index in [1.165, 1.54) is 14.9 Å². The maximum Gasteiger partial charge on any atom is 0.291 e. The monoisotopic (exact) mass is 446 g/mol. The number of hydrazine groups is 1. The lowest BCUT2D eigenvalue weighted by atomic mass is 10.1. The standard InChI is InChI=1S/C24H22N4O5/c1-32-21-13-18(25-17-8-3-2-7-16(17)21)24(31)28-12-6-11-27(28)22(29)14-26-19-9-4-5-10-20(19)33-15-23(26)30/h2-5,7-10,13H,6,11-12,14-15H2,1H3. The first-order valence-corrected chi connectivity index (χ1v) is 10.6. The number of pyridine rings is 1. The molecule has 0 unspecified atom stereocenters. The minimum Gasteiger partial charge on any atom is -0.496 e. The third kappa shape index (κ3) is 3.71. The topological polar surface area (TPSA) is 92.3 Å². The molecular weight excluding hydrogens is 424 g/mol. The fourth-order valence-electron chi connectivity index (χ4n) is 4.18. The minimum atomic E-state index is -0.390. The predicted molar refractivity (Wildman–Crippen MR) is 120 cm³/mol. The largest absolute Gasteiger partial charge is 0.496 e. The van der Waals surface area contributed by atoms with Gasteiger partial charge in [-0.15, -0.1) is 0 Å². The highest BCUT2D eigenvalue weighted by Gasteiger charge is 2.35. The van der Waals surface area contributed by atoms with Gasteiger partial charge in [0, 0.05) is 24.5 Å². The zero-order valence-electron chi connectivity index (χ0n) is 18.1. The van der Waals surface area contributed by atoms with Gasteiger partial charge in [0.2, 0.25) is 0 Å². The van der Waals surface area contributed by atoms with Crippen LogP contribution >= 0.6 is 0 Å². The molecule has 9 heteroatoms. The Morgan fingerprint density at radius 3 is 2.67 bits per heavy atom. The summed E-state index contributed by atoms with van der Waals surface area (Å²) in [5.41, 5.74) is 1.37. The molecule has 33 heavy (non-hydrogen) atoms. The number of ether oxygens (including phenoxy) is 2. The zero-order chi connectivity index (χ0) is 22.9. The molecule has 1 fully saturated rings. The van der Waals surface area contributed by atoms with Crippen LogP contribution in [0.2, 0.25) is 0 Å². The van der Waals surface area contributed by atoms with Crippen LogP contribution in [0, 0.1) is 0 Å². The number of rotatable bonds is 4. The summed E-state index contributed by atoms with van der Waals surface area (Å²) in [6.07, 6.45) is 0.635. The lowest BCUT2D eigenvalue weighted by molar-refractivity contribution is -0.140. The van der Waals surface area contributed by atoms with E-state index in [9.17, 15) is 14.4 Å². The van der Waals surface area contributed by atoms with E-state index in [1.54, 1.807) is 37.4 Å². The van der Waals surface area contributed by atoms with Gasteiger partial charge in [-0.3, -0.25) is 19.3 Å². The first kappa shape index (κ1) is 20.7. The van der Waals surface area contributed by atoms with Crippen LogP contribution in [-0.4, -0.2) is 66.1 Å². The van der Waals surface area contributed by atoms with Gasteiger partial charge in [0.25, 0.3) is 17.7 Å². The zero-order valence-corrected chi connectivity index (χ0v) is 18.1. The van der Waals surface area contributed by atoms with E-state index in [0.29, 0.717) is 42.2 Å². The second-order valence-electron chi connectivity index (χ2n) is 7.76. The van der Waals surface area contributed by atoms with Crippen LogP contribution in [0.1, 0.15) is 16.9 Å². The van der Waals surface area contributed by atoms with Crippen molar-refractivity contribution < 1.29 is 23.9 Å². The normalized spacial score (nSPS) is 15.4. The highest BCUT2D eigenvalue weighted by atomic mass is 16.5. The Kier molecular flexibility index (Phi) is 5.29. The number of hydrogen-bond acceptors (Lipinski definition) is 6. The Morgan fingerprint density at radius 1 is 1.06 bits per heavy atom. The van der Waals surface area contributed by atoms with Crippen molar-refractivity contribution in [3.05, 3.63) is 60.3 Å². The second-order valence-corrected chi connectivity index (χ2v) is 7.76. The van der Waals surface area contributed by atoms with Crippen molar-refractivity contribution in [2.45, 2.75) is 6.42 Å². The fourth-order valence-corrected chi connectivity index (χ4v) is 4.18. The summed E-state index contributed by atoms with van der Waals surface area (Å²) in [5.74, 6) is 0.0422. The molecule has 1 aromatic heterocycles. The molecule has 0 bridgehead atoms. The summed E-state index contributed by atoms with van der Waals surface area (Å²) in [4.78, 5) is 44.9. The number of methoxy groups -OCH3 is 1. The highest BCUT2D eigenvalue weighted by Crippen LogP contribution is 2.32. The summed E-state index contributed by atoms with van der Waals surface area (Å²) in [5, 5.41) is 3.60. The number of aromatic nitrogens is 1. The number of benzene rings is 2. The lowest BCUT2D eigenvalue weighted by Crippen LogP contribution is -2.51. The summed E-state index contributed by atoms with van der Waals surface area (Å²) in [6, 6.07) is 16.1. The molecule has 5 rings (SSSR count). The Morgan fingerprint density at radius 2 is 1.82 bits per heavy atom. The number of nitrogens with zero attached hydrogens (tertiary/aromatic N) is 4. The van der Waals surface area contributed by atoms with Crippen LogP contribution in [0.4, 0.5) is 5.69 Å². The first-order valence-electron chi connectivity index (χ1n) is 10.6. The van der Waals surface area contributed by atoms with E-state index in [-0.39, 0.29) is 30.7 Å². The number of amides is 3. The molecule has 3 aromatic rings. The van der Waals surface area contributed by atoms with Crippen molar-refractivity contribution in [1.29, 1.82) is 0 Å². The van der Waals surface area contributed by atoms with Gasteiger partial charge in [0.15, 0.2) is 6.61 Å². The van der Waals surface area contributed by atoms with Crippen molar-refractivity contribution in [2.75, 3.05) is 38.3 Å². The van der Waals surface area contributed by atoms with Crippen molar-refractivity contribution in [3.8, 4) is 11.5 Å². The van der Waals surface area contributed by atoms with Gasteiger partial charge < -0.3 is 9.47 Å². The van der Waals surface area contributed by atoms with Crippen LogP contribution in [0.15, 0.2) is 54.6 Å². The van der Waals surface area contributed by atoms with E-state index < -0.39 is 5.91 Å². The van der Waals surface area contributed by atoms with Crippen LogP contribution < -0.4 is 14.4 Å². The molecule has 0 saturated carbocycles. The molecule has 0 radical (unpaired) electrons. The van der Waals surface area contributed by atoms with Crippen molar-refractivity contribution in [1.82, 2.24) is 15.0 Å². The van der Waals surface area contributed by atoms with Gasteiger partial charge in [-0.1, -0.05) is 24.3 Å². The maximum atomic E-state index is 13.3. The molecular formula is C24H22N4O5. The van der Waals surface area contributed by atoms with E-state index in [1.807, 2.05) is 24.3 Å². The molecule has 1 saturated heterocycles. The van der Waals surface area contributed by atoms with E-state index in [0.717, 1.165) is 5.39 Å². The Balaban J connectivity index is 1.39. The summed E-state index contributed by atoms with van der Waals surface area (Å²) >= 11 is 0. The van der Waals surface area contributed by atoms with Gasteiger partial charge in [-0.05, 0) is 30.7 Å². The Bertz CT molecular complexity index is 1260. The lowest BCUT2D eigenvalue weighted by Gasteiger charge is -2.32. The highest BCUT2D eigenvalue weighted by molar-refractivity contribution is 6.03. The minimum absolute atomic E-state index is 0.131. The van der Waals surface area contributed by atoms with Crippen molar-refractivity contribution >= 4 is 34.3 Å². The average Bonchev–Trinajstić information content (AvgIpc) is 3.34. The molecule has 3 amide bonds. The SMILES string of the molecule is COc1cc(C(=O)N2CCCN2C(=O)CN2C(=O)COc3ccccc32)nc2ccccc12. The number of carbonyl (C=O) groups excluding carboxylic acids is 3. The number of fused-ring (bicyclic) bond motifs is 2. The number of carbonyl (C=O) groups is 3. The third-order valence-corrected chi connectivity index (χ3v) is 5.77. The Hall–Kier alpha value is -4.14. The van der Waals surface area contributed by atoms with Gasteiger partial charge in [-0.25, -0.2) is 15.0 Å². The summed E-state index contributed by atoms with van der Waals surface area (Å²) in [6.45, 7) is 0.454. The van der Waals surface area contributed by atoms with Crippen LogP contribution in [-0.2, 0) is 9.59 Å². The fraction of sp³-hybridized carbons (Fsp3) is 0.250. The molecule has 0 spiro atoms. The summed E-state index contributed by atoms with van der Waals surface area (Å²) in [7, 11) is 1.54. The second kappa shape index (κ2) is 8.42. The molecule has 2 aliphatic rings. The van der Waals surface area contributed by atoms with Gasteiger partial charge in [0.1, 0.15) is 23.7 Å². The molecule has 2 aliphatic heterocycles. The predicted octanol–water partition coefficient (Wildman–Crippen LogP) is 2.26. The number of hydrogen-bond donors (Lipinski definition) is 0. The van der Waals surface area contributed by atoms with Crippen molar-refractivity contribution in [3.63, 3.8) is 0 Å². The molecule has 168 valence electrons. The van der Waals surface area contributed by atoms with Gasteiger partial charge >= 0.3 is 0 Å². The molecule has 0 atom stereocenters. The van der Waals surface area contributed by atoms with Crippen LogP contribution in [0.5, 0.6) is 11.5 Å². The van der Waals surface area contributed by atoms with E-state index in [2.05, 4.69) is 4.98 Å². The average molecular weight is 446 g/mol. The molecule has 3 heterocycles. The van der Waals surface area contributed by atoms with E-state index >= 15 is 0 Å². The van der Waals surface area contributed by atoms with E-state index in [4.69, 9.17) is 9.47 Å². The third-order valence-electron chi connectivity index (χ3n) is 5.77. The quantitative estimate of drug-likeness (QED) is 0.611. The van der Waals surface area contributed by atoms with Gasteiger partial charge in [0.05, 0.1) is 18.3 Å². The first-order chi connectivity index (χ1) is 16.1.